The van der Waals surface area contributed by atoms with Crippen molar-refractivity contribution in [1.29, 1.82) is 0 Å². The largest absolute Gasteiger partial charge is 0.375 e. The average molecular weight is 539 g/mol. The molecule has 0 bridgehead atoms. The third-order valence-corrected chi connectivity index (χ3v) is 7.18. The number of fused-ring (bicyclic) bond motifs is 1. The summed E-state index contributed by atoms with van der Waals surface area (Å²) < 4.78 is 82.3. The molecule has 5 rings (SSSR count). The molecule has 1 atom stereocenters. The molecule has 0 aliphatic carbocycles. The molecule has 4 aromatic rings. The summed E-state index contributed by atoms with van der Waals surface area (Å²) in [5, 5.41) is 3.50. The highest BCUT2D eigenvalue weighted by Gasteiger charge is 2.34. The summed E-state index contributed by atoms with van der Waals surface area (Å²) in [5.74, 6) is -7.28. The lowest BCUT2D eigenvalue weighted by Crippen LogP contribution is -2.55. The molecule has 1 aliphatic heterocycles. The monoisotopic (exact) mass is 538 g/mol. The van der Waals surface area contributed by atoms with Crippen molar-refractivity contribution in [3.8, 4) is 11.1 Å². The second kappa shape index (κ2) is 9.29. The fourth-order valence-electron chi connectivity index (χ4n) is 4.16. The van der Waals surface area contributed by atoms with Gasteiger partial charge in [0.2, 0.25) is 0 Å². The second-order valence-corrected chi connectivity index (χ2v) is 9.91. The molecule has 1 aliphatic rings. The highest BCUT2D eigenvalue weighted by atomic mass is 35.5. The number of nitrogens with one attached hydrogen (secondary N) is 1. The molecule has 3 aromatic carbocycles. The van der Waals surface area contributed by atoms with E-state index in [1.165, 1.54) is 12.4 Å². The Labute approximate surface area is 209 Å². The lowest BCUT2D eigenvalue weighted by Gasteiger charge is -2.41. The van der Waals surface area contributed by atoms with Crippen LogP contribution in [0.2, 0.25) is 5.02 Å². The number of hydrogen-bond donors (Lipinski definition) is 1. The number of rotatable bonds is 5. The number of hydrogen-bond acceptors (Lipinski definition) is 5. The van der Waals surface area contributed by atoms with Crippen LogP contribution in [0.1, 0.15) is 0 Å². The third-order valence-electron chi connectivity index (χ3n) is 5.91. The second-order valence-electron chi connectivity index (χ2n) is 8.19. The van der Waals surface area contributed by atoms with Gasteiger partial charge in [0.1, 0.15) is 22.9 Å². The van der Waals surface area contributed by atoms with Crippen LogP contribution in [-0.2, 0) is 10.8 Å². The van der Waals surface area contributed by atoms with Gasteiger partial charge in [-0.15, -0.1) is 0 Å². The van der Waals surface area contributed by atoms with E-state index >= 15 is 0 Å². The van der Waals surface area contributed by atoms with E-state index in [1.807, 2.05) is 0 Å². The van der Waals surface area contributed by atoms with Crippen molar-refractivity contribution in [1.82, 2.24) is 9.97 Å². The summed E-state index contributed by atoms with van der Waals surface area (Å²) >= 11 is 6.47. The summed E-state index contributed by atoms with van der Waals surface area (Å²) in [7, 11) is -2.12. The molecule has 186 valence electrons. The number of anilines is 2. The van der Waals surface area contributed by atoms with Gasteiger partial charge in [-0.25, -0.2) is 31.9 Å². The lowest BCUT2D eigenvalue weighted by atomic mass is 10.0. The van der Waals surface area contributed by atoms with Crippen molar-refractivity contribution in [3.05, 3.63) is 76.8 Å². The van der Waals surface area contributed by atoms with Crippen LogP contribution in [0.25, 0.3) is 22.0 Å². The van der Waals surface area contributed by atoms with Gasteiger partial charge < -0.3 is 10.2 Å². The van der Waals surface area contributed by atoms with E-state index in [9.17, 15) is 26.2 Å². The van der Waals surface area contributed by atoms with Crippen molar-refractivity contribution >= 4 is 44.8 Å². The Morgan fingerprint density at radius 1 is 0.972 bits per heavy atom. The molecule has 12 heteroatoms. The van der Waals surface area contributed by atoms with Crippen LogP contribution in [0.15, 0.2) is 47.6 Å². The maximum absolute atomic E-state index is 14.4. The first-order valence-corrected chi connectivity index (χ1v) is 12.5. The molecular weight excluding hydrogens is 523 g/mol. The molecule has 0 unspecified atom stereocenters. The minimum Gasteiger partial charge on any atom is -0.375 e. The van der Waals surface area contributed by atoms with Crippen molar-refractivity contribution in [2.24, 2.45) is 0 Å². The van der Waals surface area contributed by atoms with Crippen LogP contribution >= 0.6 is 11.6 Å². The zero-order valence-electron chi connectivity index (χ0n) is 18.5. The maximum Gasteiger partial charge on any atom is 0.199 e. The predicted molar refractivity (Wildman–Crippen MR) is 128 cm³/mol. The number of benzene rings is 3. The van der Waals surface area contributed by atoms with Crippen LogP contribution in [0.3, 0.4) is 0 Å². The molecule has 1 aromatic heterocycles. The predicted octanol–water partition coefficient (Wildman–Crippen LogP) is 5.68. The fraction of sp³-hybridized carbons (Fsp3) is 0.167. The Morgan fingerprint density at radius 3 is 2.36 bits per heavy atom. The van der Waals surface area contributed by atoms with Gasteiger partial charge in [0.25, 0.3) is 0 Å². The summed E-state index contributed by atoms with van der Waals surface area (Å²) in [5.41, 5.74) is 0.618. The summed E-state index contributed by atoms with van der Waals surface area (Å²) in [6, 6.07) is 8.97. The van der Waals surface area contributed by atoms with Gasteiger partial charge in [-0.3, -0.25) is 4.21 Å². The van der Waals surface area contributed by atoms with Crippen LogP contribution < -0.4 is 10.2 Å². The number of nitrogens with zero attached hydrogens (tertiary/aromatic N) is 3. The standard InChI is InChI=1S/C24H16ClF5N4OS/c1-36(35)23-21(30)19(28)18(27)20(29)22(23)33-11-8-34(9-11)24-14-6-15(25)13(7-17(14)31-10-32-24)12-4-2-3-5-16(12)26/h2-7,10-11,33H,8-9H2,1H3/t36-/m0/s1. The average Bonchev–Trinajstić information content (AvgIpc) is 2.82. The molecule has 5 nitrogen and oxygen atoms in total. The Bertz CT molecular complexity index is 1550. The minimum absolute atomic E-state index is 0.231. The van der Waals surface area contributed by atoms with Gasteiger partial charge in [0.15, 0.2) is 23.3 Å². The third kappa shape index (κ3) is 4.05. The molecule has 0 amide bonds. The molecule has 36 heavy (non-hydrogen) atoms. The highest BCUT2D eigenvalue weighted by molar-refractivity contribution is 7.84. The molecule has 0 spiro atoms. The maximum atomic E-state index is 14.4. The van der Waals surface area contributed by atoms with E-state index in [0.717, 1.165) is 6.26 Å². The van der Waals surface area contributed by atoms with E-state index < -0.39 is 56.5 Å². The van der Waals surface area contributed by atoms with E-state index in [0.29, 0.717) is 27.8 Å². The van der Waals surface area contributed by atoms with Crippen LogP contribution in [0.4, 0.5) is 33.5 Å². The zero-order valence-corrected chi connectivity index (χ0v) is 20.0. The van der Waals surface area contributed by atoms with Gasteiger partial charge in [-0.2, -0.15) is 0 Å². The highest BCUT2D eigenvalue weighted by Crippen LogP contribution is 2.37. The summed E-state index contributed by atoms with van der Waals surface area (Å²) in [6.07, 6.45) is 2.37. The van der Waals surface area contributed by atoms with Gasteiger partial charge in [-0.05, 0) is 18.2 Å². The smallest absolute Gasteiger partial charge is 0.199 e. The molecule has 1 N–H and O–H groups in total. The quantitative estimate of drug-likeness (QED) is 0.201. The zero-order chi connectivity index (χ0) is 25.7. The Kier molecular flexibility index (Phi) is 6.29. The van der Waals surface area contributed by atoms with Gasteiger partial charge in [0.05, 0.1) is 28.0 Å². The molecule has 1 saturated heterocycles. The van der Waals surface area contributed by atoms with Crippen LogP contribution in [0, 0.1) is 29.1 Å². The molecule has 1 fully saturated rings. The minimum atomic E-state index is -2.12. The van der Waals surface area contributed by atoms with Crippen molar-refractivity contribution in [3.63, 3.8) is 0 Å². The molecule has 2 heterocycles. The van der Waals surface area contributed by atoms with Crippen LogP contribution in [0.5, 0.6) is 0 Å². The van der Waals surface area contributed by atoms with Crippen molar-refractivity contribution < 1.29 is 26.2 Å². The fourth-order valence-corrected chi connectivity index (χ4v) is 5.20. The summed E-state index contributed by atoms with van der Waals surface area (Å²) in [4.78, 5) is 9.57. The topological polar surface area (TPSA) is 58.1 Å². The van der Waals surface area contributed by atoms with Gasteiger partial charge in [0, 0.05) is 40.9 Å². The van der Waals surface area contributed by atoms with Gasteiger partial charge >= 0.3 is 0 Å². The first-order valence-electron chi connectivity index (χ1n) is 10.6. The normalized spacial score (nSPS) is 14.7. The van der Waals surface area contributed by atoms with E-state index in [1.54, 1.807) is 35.2 Å². The summed E-state index contributed by atoms with van der Waals surface area (Å²) in [6.45, 7) is 0.462. The Morgan fingerprint density at radius 2 is 1.67 bits per heavy atom. The molecular formula is C24H16ClF5N4OS. The van der Waals surface area contributed by atoms with E-state index in [4.69, 9.17) is 11.6 Å². The van der Waals surface area contributed by atoms with Crippen molar-refractivity contribution in [2.45, 2.75) is 10.9 Å². The SMILES string of the molecule is C[S@](=O)c1c(F)c(F)c(F)c(F)c1NC1CN(c2ncnc3cc(-c4ccccc4F)c(Cl)cc23)C1. The first-order chi connectivity index (χ1) is 17.2. The van der Waals surface area contributed by atoms with E-state index in [2.05, 4.69) is 15.3 Å². The molecule has 0 saturated carbocycles. The number of halogens is 6. The van der Waals surface area contributed by atoms with Gasteiger partial charge in [-0.1, -0.05) is 29.8 Å². The first kappa shape index (κ1) is 24.4. The van der Waals surface area contributed by atoms with E-state index in [-0.39, 0.29) is 18.1 Å². The van der Waals surface area contributed by atoms with Crippen molar-refractivity contribution in [2.75, 3.05) is 29.6 Å². The van der Waals surface area contributed by atoms with Crippen LogP contribution in [-0.4, -0.2) is 39.6 Å². The molecule has 0 radical (unpaired) electrons. The number of aromatic nitrogens is 2. The Hall–Kier alpha value is -3.31. The Balaban J connectivity index is 1.43. The lowest BCUT2D eigenvalue weighted by molar-refractivity contribution is 0.398.